The van der Waals surface area contributed by atoms with Gasteiger partial charge in [0.1, 0.15) is 12.4 Å². The first-order valence-electron chi connectivity index (χ1n) is 7.12. The Morgan fingerprint density at radius 2 is 2.00 bits per heavy atom. The maximum atomic E-state index is 13.2. The van der Waals surface area contributed by atoms with E-state index in [1.807, 2.05) is 0 Å². The maximum absolute atomic E-state index is 13.2. The molecule has 5 nitrogen and oxygen atoms in total. The average Bonchev–Trinajstić information content (AvgIpc) is 2.53. The van der Waals surface area contributed by atoms with Crippen molar-refractivity contribution in [1.29, 1.82) is 0 Å². The maximum Gasteiger partial charge on any atom is 0.338 e. The van der Waals surface area contributed by atoms with Crippen LogP contribution in [0.15, 0.2) is 35.5 Å². The van der Waals surface area contributed by atoms with Crippen LogP contribution in [0.25, 0.3) is 0 Å². The quantitative estimate of drug-likeness (QED) is 0.504. The molecule has 1 aromatic carbocycles. The normalized spacial score (nSPS) is 18.0. The van der Waals surface area contributed by atoms with Crippen molar-refractivity contribution in [2.45, 2.75) is 13.0 Å². The molecule has 7 heteroatoms. The molecule has 2 rings (SSSR count). The Kier molecular flexibility index (Phi) is 5.68. The van der Waals surface area contributed by atoms with Crippen LogP contribution >= 0.6 is 12.2 Å². The Bertz CT molecular complexity index is 631. The lowest BCUT2D eigenvalue weighted by Gasteiger charge is -2.35. The molecule has 23 heavy (non-hydrogen) atoms. The minimum absolute atomic E-state index is 0.163. The minimum atomic E-state index is -0.477. The molecule has 1 N–H and O–H groups in total. The van der Waals surface area contributed by atoms with E-state index in [-0.39, 0.29) is 12.4 Å². The number of carbonyl (C=O) groups is 1. The number of carbonyl (C=O) groups excluding carboxylic acids is 1. The van der Waals surface area contributed by atoms with Crippen molar-refractivity contribution in [3.63, 3.8) is 0 Å². The molecule has 124 valence electrons. The Morgan fingerprint density at radius 3 is 2.61 bits per heavy atom. The fraction of sp³-hybridized carbons (Fsp3) is 0.375. The molecule has 1 aromatic rings. The second-order valence-corrected chi connectivity index (χ2v) is 5.51. The van der Waals surface area contributed by atoms with E-state index in [1.165, 1.54) is 19.2 Å². The van der Waals surface area contributed by atoms with Gasteiger partial charge in [-0.25, -0.2) is 9.18 Å². The summed E-state index contributed by atoms with van der Waals surface area (Å²) in [6, 6.07) is 5.46. The van der Waals surface area contributed by atoms with E-state index in [1.54, 1.807) is 31.0 Å². The highest BCUT2D eigenvalue weighted by Crippen LogP contribution is 2.30. The minimum Gasteiger partial charge on any atom is -0.460 e. The van der Waals surface area contributed by atoms with Gasteiger partial charge in [0.2, 0.25) is 0 Å². The van der Waals surface area contributed by atoms with Gasteiger partial charge >= 0.3 is 5.97 Å². The number of ether oxygens (including phenoxy) is 2. The van der Waals surface area contributed by atoms with Crippen molar-refractivity contribution < 1.29 is 18.7 Å². The van der Waals surface area contributed by atoms with Crippen LogP contribution in [0.4, 0.5) is 4.39 Å². The number of esters is 1. The molecule has 0 saturated heterocycles. The topological polar surface area (TPSA) is 50.8 Å². The number of hydrogen-bond acceptors (Lipinski definition) is 4. The summed E-state index contributed by atoms with van der Waals surface area (Å²) >= 11 is 5.29. The van der Waals surface area contributed by atoms with Gasteiger partial charge in [-0.3, -0.25) is 0 Å². The van der Waals surface area contributed by atoms with Gasteiger partial charge in [0.25, 0.3) is 0 Å². The van der Waals surface area contributed by atoms with Crippen LogP contribution in [-0.4, -0.2) is 43.4 Å². The van der Waals surface area contributed by atoms with Gasteiger partial charge in [-0.05, 0) is 36.8 Å². The highest BCUT2D eigenvalue weighted by atomic mass is 32.1. The van der Waals surface area contributed by atoms with Crippen molar-refractivity contribution in [1.82, 2.24) is 10.2 Å². The second kappa shape index (κ2) is 7.52. The summed E-state index contributed by atoms with van der Waals surface area (Å²) in [4.78, 5) is 14.2. The predicted octanol–water partition coefficient (Wildman–Crippen LogP) is 2.15. The number of thiocarbonyl (C=S) groups is 1. The fourth-order valence-electron chi connectivity index (χ4n) is 2.30. The molecule has 0 radical (unpaired) electrons. The van der Waals surface area contributed by atoms with Gasteiger partial charge in [-0.1, -0.05) is 12.1 Å². The Balaban J connectivity index is 2.35. The van der Waals surface area contributed by atoms with Crippen LogP contribution in [-0.2, 0) is 14.3 Å². The number of halogens is 1. The molecular weight excluding hydrogens is 319 g/mol. The van der Waals surface area contributed by atoms with Gasteiger partial charge in [0.15, 0.2) is 5.11 Å². The van der Waals surface area contributed by atoms with E-state index < -0.39 is 12.0 Å². The Morgan fingerprint density at radius 1 is 1.35 bits per heavy atom. The second-order valence-electron chi connectivity index (χ2n) is 5.12. The average molecular weight is 338 g/mol. The Hall–Kier alpha value is -1.99. The van der Waals surface area contributed by atoms with Gasteiger partial charge in [-0.15, -0.1) is 0 Å². The monoisotopic (exact) mass is 338 g/mol. The summed E-state index contributed by atoms with van der Waals surface area (Å²) in [5.74, 6) is -0.787. The van der Waals surface area contributed by atoms with Gasteiger partial charge in [0, 0.05) is 19.9 Å². The summed E-state index contributed by atoms with van der Waals surface area (Å²) in [7, 11) is 3.31. The van der Waals surface area contributed by atoms with Gasteiger partial charge in [0.05, 0.1) is 18.2 Å². The van der Waals surface area contributed by atoms with E-state index in [9.17, 15) is 9.18 Å². The van der Waals surface area contributed by atoms with Crippen molar-refractivity contribution >= 4 is 23.3 Å². The first-order chi connectivity index (χ1) is 11.0. The molecule has 0 amide bonds. The first-order valence-corrected chi connectivity index (χ1v) is 7.53. The molecule has 0 bridgehead atoms. The third-order valence-electron chi connectivity index (χ3n) is 3.70. The van der Waals surface area contributed by atoms with Crippen LogP contribution in [0.3, 0.4) is 0 Å². The number of benzene rings is 1. The lowest BCUT2D eigenvalue weighted by Crippen LogP contribution is -2.46. The molecule has 0 aliphatic carbocycles. The van der Waals surface area contributed by atoms with E-state index >= 15 is 0 Å². The molecule has 0 spiro atoms. The van der Waals surface area contributed by atoms with E-state index in [0.29, 0.717) is 23.0 Å². The molecular formula is C16H19FN2O3S. The molecule has 1 unspecified atom stereocenters. The molecule has 1 aliphatic heterocycles. The van der Waals surface area contributed by atoms with Crippen LogP contribution in [0.5, 0.6) is 0 Å². The molecule has 0 fully saturated rings. The van der Waals surface area contributed by atoms with Gasteiger partial charge in [-0.2, -0.15) is 0 Å². The summed E-state index contributed by atoms with van der Waals surface area (Å²) in [6.07, 6.45) is 0. The first kappa shape index (κ1) is 17.4. The number of nitrogens with zero attached hydrogens (tertiary/aromatic N) is 1. The fourth-order valence-corrected chi connectivity index (χ4v) is 2.56. The van der Waals surface area contributed by atoms with Crippen LogP contribution in [0.1, 0.15) is 18.5 Å². The molecule has 0 saturated carbocycles. The number of methoxy groups -OCH3 is 1. The number of nitrogens with one attached hydrogen (secondary N) is 1. The molecule has 1 atom stereocenters. The third kappa shape index (κ3) is 3.86. The van der Waals surface area contributed by atoms with E-state index in [2.05, 4.69) is 5.32 Å². The number of allylic oxidation sites excluding steroid dienone is 1. The van der Waals surface area contributed by atoms with Crippen molar-refractivity contribution in [2.24, 2.45) is 0 Å². The molecule has 1 aliphatic rings. The van der Waals surface area contributed by atoms with Crippen molar-refractivity contribution in [3.05, 3.63) is 46.9 Å². The van der Waals surface area contributed by atoms with Gasteiger partial charge < -0.3 is 19.7 Å². The molecule has 1 heterocycles. The number of rotatable bonds is 5. The van der Waals surface area contributed by atoms with Crippen LogP contribution in [0.2, 0.25) is 0 Å². The largest absolute Gasteiger partial charge is 0.460 e. The lowest BCUT2D eigenvalue weighted by molar-refractivity contribution is -0.140. The molecule has 0 aromatic heterocycles. The standard InChI is InChI=1S/C16H19FN2O3S/c1-10-13(15(20)22-9-8-21-3)14(18-16(23)19(10)2)11-4-6-12(17)7-5-11/h4-7,14H,8-9H2,1-3H3,(H,18,23). The zero-order valence-electron chi connectivity index (χ0n) is 13.3. The SMILES string of the molecule is COCCOC(=O)C1=C(C)N(C)C(=S)NC1c1ccc(F)cc1. The highest BCUT2D eigenvalue weighted by molar-refractivity contribution is 7.80. The summed E-state index contributed by atoms with van der Waals surface area (Å²) < 4.78 is 23.3. The van der Waals surface area contributed by atoms with E-state index in [4.69, 9.17) is 21.7 Å². The highest BCUT2D eigenvalue weighted by Gasteiger charge is 2.33. The van der Waals surface area contributed by atoms with E-state index in [0.717, 1.165) is 5.56 Å². The summed E-state index contributed by atoms with van der Waals surface area (Å²) in [6.45, 7) is 2.29. The summed E-state index contributed by atoms with van der Waals surface area (Å²) in [5, 5.41) is 3.59. The summed E-state index contributed by atoms with van der Waals surface area (Å²) in [5.41, 5.74) is 1.88. The lowest BCUT2D eigenvalue weighted by atomic mass is 9.95. The van der Waals surface area contributed by atoms with Crippen molar-refractivity contribution in [3.8, 4) is 0 Å². The third-order valence-corrected chi connectivity index (χ3v) is 4.09. The van der Waals surface area contributed by atoms with Crippen LogP contribution < -0.4 is 5.32 Å². The zero-order chi connectivity index (χ0) is 17.0. The Labute approximate surface area is 140 Å². The number of hydrogen-bond donors (Lipinski definition) is 1. The predicted molar refractivity (Wildman–Crippen MR) is 88.2 cm³/mol. The van der Waals surface area contributed by atoms with Crippen LogP contribution in [0, 0.1) is 5.82 Å². The zero-order valence-corrected chi connectivity index (χ0v) is 14.1. The smallest absolute Gasteiger partial charge is 0.338 e. The van der Waals surface area contributed by atoms with Crippen molar-refractivity contribution in [2.75, 3.05) is 27.4 Å².